The maximum atomic E-state index is 12.3. The maximum Gasteiger partial charge on any atom is 0.281 e. The van der Waals surface area contributed by atoms with E-state index in [1.165, 1.54) is 6.07 Å². The first-order valence-corrected chi connectivity index (χ1v) is 3.84. The van der Waals surface area contributed by atoms with Gasteiger partial charge in [0.2, 0.25) is 0 Å². The van der Waals surface area contributed by atoms with Gasteiger partial charge in [-0.2, -0.15) is 0 Å². The number of carbonyl (C=O) groups is 1. The fourth-order valence-corrected chi connectivity index (χ4v) is 1.09. The Kier molecular flexibility index (Phi) is 2.93. The van der Waals surface area contributed by atoms with E-state index in [9.17, 15) is 13.6 Å². The minimum absolute atomic E-state index is 0.0304. The van der Waals surface area contributed by atoms with Gasteiger partial charge in [-0.05, 0) is 18.6 Å². The summed E-state index contributed by atoms with van der Waals surface area (Å²) < 4.78 is 24.5. The Morgan fingerprint density at radius 1 is 1.62 bits per heavy atom. The monoisotopic (exact) mass is 205 g/mol. The molecule has 0 spiro atoms. The molecule has 0 amide bonds. The van der Waals surface area contributed by atoms with Crippen molar-refractivity contribution in [2.75, 3.05) is 0 Å². The van der Waals surface area contributed by atoms with Gasteiger partial charge in [-0.15, -0.1) is 0 Å². The Morgan fingerprint density at radius 2 is 2.23 bits per heavy atom. The summed E-state index contributed by atoms with van der Waals surface area (Å²) in [4.78, 5) is 13.7. The van der Waals surface area contributed by atoms with Gasteiger partial charge in [0, 0.05) is 0 Å². The summed E-state index contributed by atoms with van der Waals surface area (Å²) in [6.07, 6.45) is -2.35. The third kappa shape index (κ3) is 2.01. The molecule has 1 heterocycles. The Labute approximate surface area is 78.5 Å². The van der Waals surface area contributed by atoms with Crippen LogP contribution in [0.3, 0.4) is 0 Å². The zero-order chi connectivity index (χ0) is 10.0. The van der Waals surface area contributed by atoms with Gasteiger partial charge in [0.15, 0.2) is 6.29 Å². The van der Waals surface area contributed by atoms with Crippen LogP contribution in [0.4, 0.5) is 8.78 Å². The molecule has 0 bridgehead atoms. The largest absolute Gasteiger partial charge is 0.296 e. The SMILES string of the molecule is Cc1cc(C=O)nc(C(F)F)c1Cl. The summed E-state index contributed by atoms with van der Waals surface area (Å²) in [7, 11) is 0. The third-order valence-electron chi connectivity index (χ3n) is 1.51. The number of rotatable bonds is 2. The molecular weight excluding hydrogens is 200 g/mol. The maximum absolute atomic E-state index is 12.3. The summed E-state index contributed by atoms with van der Waals surface area (Å²) in [5, 5.41) is -0.0828. The van der Waals surface area contributed by atoms with Crippen LogP contribution in [-0.2, 0) is 0 Å². The van der Waals surface area contributed by atoms with Crippen LogP contribution in [0.1, 0.15) is 28.2 Å². The van der Waals surface area contributed by atoms with E-state index in [0.717, 1.165) is 0 Å². The van der Waals surface area contributed by atoms with E-state index >= 15 is 0 Å². The highest BCUT2D eigenvalue weighted by Crippen LogP contribution is 2.27. The zero-order valence-electron chi connectivity index (χ0n) is 6.72. The van der Waals surface area contributed by atoms with Crippen molar-refractivity contribution >= 4 is 17.9 Å². The molecule has 0 aromatic carbocycles. The molecule has 70 valence electrons. The second kappa shape index (κ2) is 3.79. The Bertz CT molecular complexity index is 341. The average Bonchev–Trinajstić information content (AvgIpc) is 2.09. The van der Waals surface area contributed by atoms with Crippen LogP contribution >= 0.6 is 11.6 Å². The quantitative estimate of drug-likeness (QED) is 0.695. The first kappa shape index (κ1) is 10.1. The number of hydrogen-bond acceptors (Lipinski definition) is 2. The first-order valence-electron chi connectivity index (χ1n) is 3.46. The predicted octanol–water partition coefficient (Wildman–Crippen LogP) is 2.79. The standard InChI is InChI=1S/C8H6ClF2NO/c1-4-2-5(3-13)12-7(6(4)9)8(10)11/h2-3,8H,1H3. The van der Waals surface area contributed by atoms with Crippen molar-refractivity contribution in [3.8, 4) is 0 Å². The van der Waals surface area contributed by atoms with Crippen molar-refractivity contribution in [2.45, 2.75) is 13.3 Å². The third-order valence-corrected chi connectivity index (χ3v) is 2.00. The number of halogens is 3. The Hall–Kier alpha value is -1.03. The van der Waals surface area contributed by atoms with E-state index in [1.807, 2.05) is 0 Å². The summed E-state index contributed by atoms with van der Waals surface area (Å²) in [6.45, 7) is 1.54. The number of alkyl halides is 2. The molecule has 0 atom stereocenters. The molecule has 0 aliphatic heterocycles. The Morgan fingerprint density at radius 3 is 2.69 bits per heavy atom. The van der Waals surface area contributed by atoms with Gasteiger partial charge in [-0.25, -0.2) is 13.8 Å². The molecular formula is C8H6ClF2NO. The molecule has 0 radical (unpaired) electrons. The number of nitrogens with zero attached hydrogens (tertiary/aromatic N) is 1. The highest BCUT2D eigenvalue weighted by molar-refractivity contribution is 6.32. The van der Waals surface area contributed by atoms with Gasteiger partial charge < -0.3 is 0 Å². The average molecular weight is 206 g/mol. The molecule has 0 saturated carbocycles. The Balaban J connectivity index is 3.32. The van der Waals surface area contributed by atoms with Crippen LogP contribution in [-0.4, -0.2) is 11.3 Å². The van der Waals surface area contributed by atoms with E-state index in [-0.39, 0.29) is 10.7 Å². The molecule has 0 aliphatic rings. The first-order chi connectivity index (χ1) is 6.06. The van der Waals surface area contributed by atoms with Crippen LogP contribution in [0.25, 0.3) is 0 Å². The van der Waals surface area contributed by atoms with Crippen LogP contribution in [0.2, 0.25) is 5.02 Å². The molecule has 13 heavy (non-hydrogen) atoms. The second-order valence-corrected chi connectivity index (χ2v) is 2.86. The van der Waals surface area contributed by atoms with Gasteiger partial charge >= 0.3 is 0 Å². The zero-order valence-corrected chi connectivity index (χ0v) is 7.48. The van der Waals surface area contributed by atoms with Crippen molar-refractivity contribution in [2.24, 2.45) is 0 Å². The van der Waals surface area contributed by atoms with Crippen LogP contribution in [0, 0.1) is 6.92 Å². The van der Waals surface area contributed by atoms with Crippen molar-refractivity contribution in [3.05, 3.63) is 28.0 Å². The smallest absolute Gasteiger partial charge is 0.281 e. The number of aromatic nitrogens is 1. The van der Waals surface area contributed by atoms with Gasteiger partial charge in [-0.3, -0.25) is 4.79 Å². The van der Waals surface area contributed by atoms with Crippen LogP contribution in [0.15, 0.2) is 6.07 Å². The summed E-state index contributed by atoms with van der Waals surface area (Å²) in [5.74, 6) is 0. The predicted molar refractivity (Wildman–Crippen MR) is 44.3 cm³/mol. The fraction of sp³-hybridized carbons (Fsp3) is 0.250. The minimum Gasteiger partial charge on any atom is -0.296 e. The number of aldehydes is 1. The number of aryl methyl sites for hydroxylation is 1. The lowest BCUT2D eigenvalue weighted by Crippen LogP contribution is -1.98. The van der Waals surface area contributed by atoms with Gasteiger partial charge in [0.1, 0.15) is 11.4 Å². The normalized spacial score (nSPS) is 10.5. The van der Waals surface area contributed by atoms with Gasteiger partial charge in [0.05, 0.1) is 5.02 Å². The molecule has 5 heteroatoms. The van der Waals surface area contributed by atoms with E-state index in [0.29, 0.717) is 11.8 Å². The number of pyridine rings is 1. The van der Waals surface area contributed by atoms with E-state index < -0.39 is 12.1 Å². The molecule has 0 fully saturated rings. The highest BCUT2D eigenvalue weighted by atomic mass is 35.5. The topological polar surface area (TPSA) is 30.0 Å². The van der Waals surface area contributed by atoms with Crippen molar-refractivity contribution in [1.29, 1.82) is 0 Å². The van der Waals surface area contributed by atoms with E-state index in [4.69, 9.17) is 11.6 Å². The number of hydrogen-bond donors (Lipinski definition) is 0. The molecule has 1 rings (SSSR count). The van der Waals surface area contributed by atoms with Crippen molar-refractivity contribution < 1.29 is 13.6 Å². The second-order valence-electron chi connectivity index (χ2n) is 2.48. The molecule has 1 aromatic rings. The summed E-state index contributed by atoms with van der Waals surface area (Å²) >= 11 is 5.56. The molecule has 2 nitrogen and oxygen atoms in total. The van der Waals surface area contributed by atoms with Gasteiger partial charge in [-0.1, -0.05) is 11.6 Å². The summed E-state index contributed by atoms with van der Waals surface area (Å²) in [6, 6.07) is 1.36. The minimum atomic E-state index is -2.76. The lowest BCUT2D eigenvalue weighted by atomic mass is 10.2. The highest BCUT2D eigenvalue weighted by Gasteiger charge is 2.16. The number of carbonyl (C=O) groups excluding carboxylic acids is 1. The summed E-state index contributed by atoms with van der Waals surface area (Å²) in [5.41, 5.74) is -0.143. The van der Waals surface area contributed by atoms with Crippen molar-refractivity contribution in [1.82, 2.24) is 4.98 Å². The lowest BCUT2D eigenvalue weighted by molar-refractivity contribution is 0.111. The molecule has 0 aliphatic carbocycles. The fourth-order valence-electron chi connectivity index (χ4n) is 0.913. The molecule has 0 unspecified atom stereocenters. The van der Waals surface area contributed by atoms with Crippen LogP contribution in [0.5, 0.6) is 0 Å². The lowest BCUT2D eigenvalue weighted by Gasteiger charge is -2.05. The molecule has 0 N–H and O–H groups in total. The van der Waals surface area contributed by atoms with E-state index in [2.05, 4.69) is 4.98 Å². The van der Waals surface area contributed by atoms with Crippen molar-refractivity contribution in [3.63, 3.8) is 0 Å². The molecule has 1 aromatic heterocycles. The molecule has 0 saturated heterocycles. The van der Waals surface area contributed by atoms with Crippen LogP contribution < -0.4 is 0 Å². The van der Waals surface area contributed by atoms with E-state index in [1.54, 1.807) is 6.92 Å². The van der Waals surface area contributed by atoms with Gasteiger partial charge in [0.25, 0.3) is 6.43 Å².